The second-order valence-electron chi connectivity index (χ2n) is 3.33. The Labute approximate surface area is 84.5 Å². The van der Waals surface area contributed by atoms with Gasteiger partial charge in [0, 0.05) is 17.7 Å². The third-order valence-electron chi connectivity index (χ3n) is 2.47. The van der Waals surface area contributed by atoms with E-state index in [0.717, 1.165) is 23.4 Å². The molecule has 1 aliphatic rings. The lowest BCUT2D eigenvalue weighted by atomic mass is 10.1. The van der Waals surface area contributed by atoms with Crippen molar-refractivity contribution in [1.29, 1.82) is 0 Å². The van der Waals surface area contributed by atoms with Gasteiger partial charge in [-0.3, -0.25) is 4.99 Å². The molecular weight excluding hydrogens is 170 g/mol. The highest BCUT2D eigenvalue weighted by Crippen LogP contribution is 2.34. The number of aliphatic imine (C=N–C) groups is 1. The first-order valence-corrected chi connectivity index (χ1v) is 4.78. The van der Waals surface area contributed by atoms with Crippen LogP contribution in [0, 0.1) is 0 Å². The molecule has 1 aliphatic carbocycles. The van der Waals surface area contributed by atoms with Gasteiger partial charge < -0.3 is 0 Å². The van der Waals surface area contributed by atoms with Crippen LogP contribution >= 0.6 is 0 Å². The Bertz CT molecular complexity index is 438. The van der Waals surface area contributed by atoms with E-state index in [1.165, 1.54) is 11.1 Å². The first-order valence-electron chi connectivity index (χ1n) is 4.78. The summed E-state index contributed by atoms with van der Waals surface area (Å²) >= 11 is 0. The fourth-order valence-electron chi connectivity index (χ4n) is 1.76. The maximum Gasteiger partial charge on any atom is 0.0725 e. The second-order valence-corrected chi connectivity index (χ2v) is 3.33. The number of hydrogen-bond donors (Lipinski definition) is 0. The lowest BCUT2D eigenvalue weighted by Crippen LogP contribution is -1.97. The molecule has 1 heteroatoms. The highest BCUT2D eigenvalue weighted by atomic mass is 14.7. The topological polar surface area (TPSA) is 12.4 Å². The van der Waals surface area contributed by atoms with Crippen molar-refractivity contribution in [3.8, 4) is 0 Å². The minimum Gasteiger partial charge on any atom is -0.284 e. The van der Waals surface area contributed by atoms with Gasteiger partial charge >= 0.3 is 0 Å². The van der Waals surface area contributed by atoms with E-state index in [9.17, 15) is 0 Å². The first-order chi connectivity index (χ1) is 6.75. The maximum absolute atomic E-state index is 4.45. The fraction of sp³-hybridized carbons (Fsp3) is 0.154. The standard InChI is InChI=1S/C13H13N/c1-4-14-13-10(3)9(2)11-7-5-6-8-12(11)13/h5-8H,2-4H2,1H3. The molecule has 0 saturated carbocycles. The molecule has 0 amide bonds. The minimum atomic E-state index is 0.788. The van der Waals surface area contributed by atoms with Gasteiger partial charge in [-0.1, -0.05) is 37.4 Å². The third kappa shape index (κ3) is 1.13. The van der Waals surface area contributed by atoms with Crippen LogP contribution in [0.15, 0.2) is 48.0 Å². The van der Waals surface area contributed by atoms with Gasteiger partial charge in [-0.15, -0.1) is 0 Å². The molecule has 0 aliphatic heterocycles. The number of rotatable bonds is 1. The molecule has 0 unspecified atom stereocenters. The number of fused-ring (bicyclic) bond motifs is 1. The summed E-state index contributed by atoms with van der Waals surface area (Å²) in [6.07, 6.45) is 0. The number of allylic oxidation sites excluding steroid dienone is 2. The summed E-state index contributed by atoms with van der Waals surface area (Å²) in [6.45, 7) is 10.9. The van der Waals surface area contributed by atoms with E-state index in [0.29, 0.717) is 0 Å². The Kier molecular flexibility index (Phi) is 2.08. The van der Waals surface area contributed by atoms with Crippen molar-refractivity contribution in [2.75, 3.05) is 6.54 Å². The summed E-state index contributed by atoms with van der Waals surface area (Å²) in [4.78, 5) is 4.45. The van der Waals surface area contributed by atoms with Crippen molar-refractivity contribution in [3.63, 3.8) is 0 Å². The summed E-state index contributed by atoms with van der Waals surface area (Å²) in [5.74, 6) is 0. The Morgan fingerprint density at radius 3 is 2.36 bits per heavy atom. The van der Waals surface area contributed by atoms with Gasteiger partial charge in [0.1, 0.15) is 0 Å². The normalized spacial score (nSPS) is 17.6. The van der Waals surface area contributed by atoms with Gasteiger partial charge in [0.2, 0.25) is 0 Å². The van der Waals surface area contributed by atoms with E-state index < -0.39 is 0 Å². The number of nitrogens with zero attached hydrogens (tertiary/aromatic N) is 1. The molecule has 0 N–H and O–H groups in total. The molecule has 70 valence electrons. The molecule has 0 fully saturated rings. The van der Waals surface area contributed by atoms with E-state index >= 15 is 0 Å². The SMILES string of the molecule is C=C1C(=C)c2ccccc2C1=NCC. The van der Waals surface area contributed by atoms with Crippen LogP contribution in [0.3, 0.4) is 0 Å². The van der Waals surface area contributed by atoms with Gasteiger partial charge in [-0.25, -0.2) is 0 Å². The van der Waals surface area contributed by atoms with E-state index in [-0.39, 0.29) is 0 Å². The van der Waals surface area contributed by atoms with Crippen molar-refractivity contribution in [2.45, 2.75) is 6.92 Å². The van der Waals surface area contributed by atoms with Crippen LogP contribution in [0.5, 0.6) is 0 Å². The second kappa shape index (κ2) is 3.26. The molecule has 1 aromatic rings. The molecule has 14 heavy (non-hydrogen) atoms. The van der Waals surface area contributed by atoms with Gasteiger partial charge in [0.05, 0.1) is 5.71 Å². The quantitative estimate of drug-likeness (QED) is 0.634. The predicted octanol–water partition coefficient (Wildman–Crippen LogP) is 3.08. The molecule has 2 rings (SSSR count). The van der Waals surface area contributed by atoms with Gasteiger partial charge in [-0.05, 0) is 18.1 Å². The number of benzene rings is 1. The molecular formula is C13H13N. The Morgan fingerprint density at radius 2 is 1.71 bits per heavy atom. The lowest BCUT2D eigenvalue weighted by Gasteiger charge is -1.97. The van der Waals surface area contributed by atoms with Crippen LogP contribution < -0.4 is 0 Å². The molecule has 0 heterocycles. The van der Waals surface area contributed by atoms with Crippen molar-refractivity contribution in [3.05, 3.63) is 54.1 Å². The monoisotopic (exact) mass is 183 g/mol. The zero-order valence-electron chi connectivity index (χ0n) is 8.38. The van der Waals surface area contributed by atoms with Crippen LogP contribution in [0.4, 0.5) is 0 Å². The summed E-state index contributed by atoms with van der Waals surface area (Å²) in [7, 11) is 0. The van der Waals surface area contributed by atoms with Crippen LogP contribution in [-0.2, 0) is 0 Å². The average molecular weight is 183 g/mol. The molecule has 0 aromatic heterocycles. The lowest BCUT2D eigenvalue weighted by molar-refractivity contribution is 1.13. The molecule has 0 spiro atoms. The summed E-state index contributed by atoms with van der Waals surface area (Å²) in [6, 6.07) is 8.19. The van der Waals surface area contributed by atoms with Crippen LogP contribution in [0.2, 0.25) is 0 Å². The zero-order valence-corrected chi connectivity index (χ0v) is 8.38. The summed E-state index contributed by atoms with van der Waals surface area (Å²) in [5.41, 5.74) is 5.32. The van der Waals surface area contributed by atoms with Crippen molar-refractivity contribution in [1.82, 2.24) is 0 Å². The van der Waals surface area contributed by atoms with E-state index in [4.69, 9.17) is 0 Å². The largest absolute Gasteiger partial charge is 0.284 e. The molecule has 1 aromatic carbocycles. The average Bonchev–Trinajstić information content (AvgIpc) is 2.45. The molecule has 0 radical (unpaired) electrons. The Morgan fingerprint density at radius 1 is 1.07 bits per heavy atom. The third-order valence-corrected chi connectivity index (χ3v) is 2.47. The first kappa shape index (κ1) is 8.95. The smallest absolute Gasteiger partial charge is 0.0725 e. The molecule has 0 saturated heterocycles. The van der Waals surface area contributed by atoms with E-state index in [1.54, 1.807) is 0 Å². The maximum atomic E-state index is 4.45. The van der Waals surface area contributed by atoms with Crippen molar-refractivity contribution < 1.29 is 0 Å². The zero-order chi connectivity index (χ0) is 10.1. The van der Waals surface area contributed by atoms with E-state index in [1.807, 2.05) is 19.1 Å². The van der Waals surface area contributed by atoms with Gasteiger partial charge in [0.15, 0.2) is 0 Å². The predicted molar refractivity (Wildman–Crippen MR) is 61.7 cm³/mol. The van der Waals surface area contributed by atoms with Crippen molar-refractivity contribution >= 4 is 11.3 Å². The highest BCUT2D eigenvalue weighted by Gasteiger charge is 2.23. The Balaban J connectivity index is 2.65. The summed E-state index contributed by atoms with van der Waals surface area (Å²) < 4.78 is 0. The molecule has 0 bridgehead atoms. The summed E-state index contributed by atoms with van der Waals surface area (Å²) in [5, 5.41) is 0. The van der Waals surface area contributed by atoms with Gasteiger partial charge in [0.25, 0.3) is 0 Å². The highest BCUT2D eigenvalue weighted by molar-refractivity contribution is 6.28. The molecule has 0 atom stereocenters. The van der Waals surface area contributed by atoms with Crippen LogP contribution in [0.1, 0.15) is 18.1 Å². The van der Waals surface area contributed by atoms with Crippen molar-refractivity contribution in [2.24, 2.45) is 4.99 Å². The fourth-order valence-corrected chi connectivity index (χ4v) is 1.76. The minimum absolute atomic E-state index is 0.788. The Hall–Kier alpha value is -1.63. The van der Waals surface area contributed by atoms with Gasteiger partial charge in [-0.2, -0.15) is 0 Å². The molecule has 1 nitrogen and oxygen atoms in total. The van der Waals surface area contributed by atoms with Crippen LogP contribution in [0.25, 0.3) is 5.57 Å². The van der Waals surface area contributed by atoms with Crippen LogP contribution in [-0.4, -0.2) is 12.3 Å². The van der Waals surface area contributed by atoms with E-state index in [2.05, 4.69) is 30.3 Å². The number of hydrogen-bond acceptors (Lipinski definition) is 1.